The van der Waals surface area contributed by atoms with Crippen LogP contribution >= 0.6 is 0 Å². The highest BCUT2D eigenvalue weighted by Crippen LogP contribution is 2.23. The van der Waals surface area contributed by atoms with Crippen LogP contribution in [0.5, 0.6) is 0 Å². The van der Waals surface area contributed by atoms with Crippen LogP contribution < -0.4 is 4.90 Å². The largest absolute Gasteiger partial charge is 0.369 e. The first-order chi connectivity index (χ1) is 9.11. The second kappa shape index (κ2) is 5.75. The molecule has 1 heterocycles. The zero-order valence-electron chi connectivity index (χ0n) is 11.5. The molecule has 2 rings (SSSR count). The maximum atomic E-state index is 11.4. The molecule has 1 aliphatic heterocycles. The Labute approximate surface area is 114 Å². The van der Waals surface area contributed by atoms with E-state index in [0.29, 0.717) is 5.56 Å². The fourth-order valence-electron chi connectivity index (χ4n) is 2.47. The third-order valence-corrected chi connectivity index (χ3v) is 3.56. The Kier molecular flexibility index (Phi) is 4.06. The Bertz CT molecular complexity index is 519. The Hall–Kier alpha value is -2.02. The molecule has 0 aliphatic carbocycles. The van der Waals surface area contributed by atoms with Gasteiger partial charge in [-0.05, 0) is 31.0 Å². The number of rotatable bonds is 1. The van der Waals surface area contributed by atoms with Gasteiger partial charge in [0.25, 0.3) is 0 Å². The van der Waals surface area contributed by atoms with E-state index in [1.54, 1.807) is 6.92 Å². The van der Waals surface area contributed by atoms with Crippen molar-refractivity contribution in [3.8, 4) is 6.07 Å². The van der Waals surface area contributed by atoms with Gasteiger partial charge >= 0.3 is 0 Å². The van der Waals surface area contributed by atoms with Gasteiger partial charge in [0.05, 0.1) is 11.3 Å². The number of anilines is 1. The summed E-state index contributed by atoms with van der Waals surface area (Å²) in [4.78, 5) is 15.5. The van der Waals surface area contributed by atoms with Crippen molar-refractivity contribution in [1.82, 2.24) is 4.90 Å². The van der Waals surface area contributed by atoms with Crippen LogP contribution in [-0.2, 0) is 4.79 Å². The summed E-state index contributed by atoms with van der Waals surface area (Å²) >= 11 is 0. The summed E-state index contributed by atoms with van der Waals surface area (Å²) in [6.07, 6.45) is 0.943. The predicted octanol–water partition coefficient (Wildman–Crippen LogP) is 1.93. The molecule has 0 radical (unpaired) electrons. The Morgan fingerprint density at radius 1 is 1.26 bits per heavy atom. The molecule has 1 aliphatic rings. The van der Waals surface area contributed by atoms with Gasteiger partial charge in [-0.25, -0.2) is 0 Å². The average molecular weight is 257 g/mol. The number of aryl methyl sites for hydroxylation is 1. The molecule has 100 valence electrons. The Balaban J connectivity index is 2.21. The van der Waals surface area contributed by atoms with Crippen LogP contribution in [0.2, 0.25) is 0 Å². The number of nitrogens with zero attached hydrogens (tertiary/aromatic N) is 3. The first-order valence-corrected chi connectivity index (χ1v) is 6.63. The normalized spacial score (nSPS) is 15.8. The molecule has 0 saturated carbocycles. The van der Waals surface area contributed by atoms with Gasteiger partial charge < -0.3 is 9.80 Å². The smallest absolute Gasteiger partial charge is 0.219 e. The van der Waals surface area contributed by atoms with E-state index >= 15 is 0 Å². The average Bonchev–Trinajstić information content (AvgIpc) is 2.64. The van der Waals surface area contributed by atoms with Gasteiger partial charge in [0.2, 0.25) is 5.91 Å². The lowest BCUT2D eigenvalue weighted by Crippen LogP contribution is -2.33. The molecule has 0 bridgehead atoms. The van der Waals surface area contributed by atoms with Crippen molar-refractivity contribution < 1.29 is 4.79 Å². The van der Waals surface area contributed by atoms with Gasteiger partial charge in [-0.15, -0.1) is 0 Å². The maximum absolute atomic E-state index is 11.4. The van der Waals surface area contributed by atoms with Crippen LogP contribution in [0, 0.1) is 18.3 Å². The summed E-state index contributed by atoms with van der Waals surface area (Å²) in [5, 5.41) is 9.21. The molecular weight excluding hydrogens is 238 g/mol. The summed E-state index contributed by atoms with van der Waals surface area (Å²) in [5.41, 5.74) is 2.86. The number of amides is 1. The van der Waals surface area contributed by atoms with E-state index < -0.39 is 0 Å². The summed E-state index contributed by atoms with van der Waals surface area (Å²) in [7, 11) is 0. The Morgan fingerprint density at radius 2 is 2.05 bits per heavy atom. The number of carbonyl (C=O) groups excluding carboxylic acids is 1. The molecule has 0 aromatic heterocycles. The van der Waals surface area contributed by atoms with Gasteiger partial charge in [0, 0.05) is 33.1 Å². The zero-order valence-corrected chi connectivity index (χ0v) is 11.5. The first kappa shape index (κ1) is 13.4. The zero-order chi connectivity index (χ0) is 13.8. The third-order valence-electron chi connectivity index (χ3n) is 3.56. The van der Waals surface area contributed by atoms with Gasteiger partial charge in [-0.2, -0.15) is 5.26 Å². The Morgan fingerprint density at radius 3 is 2.74 bits per heavy atom. The van der Waals surface area contributed by atoms with Crippen LogP contribution in [-0.4, -0.2) is 37.0 Å². The highest BCUT2D eigenvalue weighted by molar-refractivity contribution is 5.73. The van der Waals surface area contributed by atoms with Crippen LogP contribution in [0.15, 0.2) is 18.2 Å². The summed E-state index contributed by atoms with van der Waals surface area (Å²) in [6.45, 7) is 6.86. The third kappa shape index (κ3) is 3.05. The maximum Gasteiger partial charge on any atom is 0.219 e. The molecule has 0 N–H and O–H groups in total. The molecule has 1 fully saturated rings. The molecule has 1 amide bonds. The lowest BCUT2D eigenvalue weighted by Gasteiger charge is -2.24. The van der Waals surface area contributed by atoms with E-state index in [4.69, 9.17) is 0 Å². The minimum absolute atomic E-state index is 0.131. The standard InChI is InChI=1S/C15H19N3O/c1-12-4-5-14(11-16)15(10-12)18-7-3-6-17(8-9-18)13(2)19/h4-5,10H,3,6-9H2,1-2H3. The van der Waals surface area contributed by atoms with Crippen molar-refractivity contribution >= 4 is 11.6 Å². The van der Waals surface area contributed by atoms with Crippen LogP contribution in [0.4, 0.5) is 5.69 Å². The van der Waals surface area contributed by atoms with E-state index in [2.05, 4.69) is 17.0 Å². The van der Waals surface area contributed by atoms with E-state index in [1.165, 1.54) is 0 Å². The van der Waals surface area contributed by atoms with Crippen molar-refractivity contribution in [2.45, 2.75) is 20.3 Å². The number of nitriles is 1. The second-order valence-corrected chi connectivity index (χ2v) is 4.98. The molecule has 19 heavy (non-hydrogen) atoms. The molecule has 4 heteroatoms. The van der Waals surface area contributed by atoms with Crippen molar-refractivity contribution in [2.75, 3.05) is 31.1 Å². The quantitative estimate of drug-likeness (QED) is 0.772. The first-order valence-electron chi connectivity index (χ1n) is 6.63. The summed E-state index contributed by atoms with van der Waals surface area (Å²) in [6, 6.07) is 8.14. The van der Waals surface area contributed by atoms with Crippen LogP contribution in [0.1, 0.15) is 24.5 Å². The molecule has 0 spiro atoms. The monoisotopic (exact) mass is 257 g/mol. The highest BCUT2D eigenvalue weighted by atomic mass is 16.2. The summed E-state index contributed by atoms with van der Waals surface area (Å²) < 4.78 is 0. The molecule has 1 saturated heterocycles. The SMILES string of the molecule is CC(=O)N1CCCN(c2cc(C)ccc2C#N)CC1. The van der Waals surface area contributed by atoms with E-state index in [9.17, 15) is 10.1 Å². The van der Waals surface area contributed by atoms with E-state index in [-0.39, 0.29) is 5.91 Å². The number of hydrogen-bond donors (Lipinski definition) is 0. The van der Waals surface area contributed by atoms with Gasteiger partial charge in [-0.3, -0.25) is 4.79 Å². The number of hydrogen-bond acceptors (Lipinski definition) is 3. The minimum atomic E-state index is 0.131. The number of carbonyl (C=O) groups is 1. The van der Waals surface area contributed by atoms with E-state index in [0.717, 1.165) is 43.9 Å². The highest BCUT2D eigenvalue weighted by Gasteiger charge is 2.18. The molecule has 1 aromatic rings. The topological polar surface area (TPSA) is 47.3 Å². The van der Waals surface area contributed by atoms with Crippen molar-refractivity contribution in [3.05, 3.63) is 29.3 Å². The molecule has 0 atom stereocenters. The van der Waals surface area contributed by atoms with Crippen molar-refractivity contribution in [2.24, 2.45) is 0 Å². The van der Waals surface area contributed by atoms with Crippen molar-refractivity contribution in [3.63, 3.8) is 0 Å². The van der Waals surface area contributed by atoms with Crippen molar-refractivity contribution in [1.29, 1.82) is 5.26 Å². The molecule has 4 nitrogen and oxygen atoms in total. The number of benzene rings is 1. The fourth-order valence-corrected chi connectivity index (χ4v) is 2.47. The predicted molar refractivity (Wildman–Crippen MR) is 75.0 cm³/mol. The minimum Gasteiger partial charge on any atom is -0.369 e. The lowest BCUT2D eigenvalue weighted by atomic mass is 10.1. The van der Waals surface area contributed by atoms with Gasteiger partial charge in [0.15, 0.2) is 0 Å². The fraction of sp³-hybridized carbons (Fsp3) is 0.467. The molecule has 0 unspecified atom stereocenters. The van der Waals surface area contributed by atoms with E-state index in [1.807, 2.05) is 24.0 Å². The second-order valence-electron chi connectivity index (χ2n) is 4.98. The van der Waals surface area contributed by atoms with Crippen LogP contribution in [0.3, 0.4) is 0 Å². The summed E-state index contributed by atoms with van der Waals surface area (Å²) in [5.74, 6) is 0.131. The van der Waals surface area contributed by atoms with Gasteiger partial charge in [-0.1, -0.05) is 6.07 Å². The lowest BCUT2D eigenvalue weighted by molar-refractivity contribution is -0.128. The molecule has 1 aromatic carbocycles. The van der Waals surface area contributed by atoms with Gasteiger partial charge in [0.1, 0.15) is 6.07 Å². The van der Waals surface area contributed by atoms with Crippen LogP contribution in [0.25, 0.3) is 0 Å². The molecular formula is C15H19N3O.